The van der Waals surface area contributed by atoms with Gasteiger partial charge in [0.1, 0.15) is 0 Å². The summed E-state index contributed by atoms with van der Waals surface area (Å²) in [5.41, 5.74) is 9.01. The van der Waals surface area contributed by atoms with E-state index in [0.29, 0.717) is 18.7 Å². The van der Waals surface area contributed by atoms with Gasteiger partial charge in [-0.05, 0) is 43.7 Å². The van der Waals surface area contributed by atoms with E-state index in [0.717, 1.165) is 16.9 Å². The zero-order chi connectivity index (χ0) is 14.5. The molecular weight excluding hydrogens is 250 g/mol. The van der Waals surface area contributed by atoms with Gasteiger partial charge >= 0.3 is 0 Å². The van der Waals surface area contributed by atoms with Gasteiger partial charge in [-0.2, -0.15) is 0 Å². The predicted molar refractivity (Wildman–Crippen MR) is 80.7 cm³/mol. The Morgan fingerprint density at radius 2 is 1.95 bits per heavy atom. The Bertz CT molecular complexity index is 593. The largest absolute Gasteiger partial charge is 0.326 e. The Morgan fingerprint density at radius 3 is 2.50 bits per heavy atom. The molecule has 0 saturated carbocycles. The summed E-state index contributed by atoms with van der Waals surface area (Å²) in [6, 6.07) is 11.3. The normalized spacial score (nSPS) is 10.3. The fraction of sp³-hybridized carbons (Fsp3) is 0.250. The Hall–Kier alpha value is -2.20. The smallest absolute Gasteiger partial charge is 0.258 e. The lowest BCUT2D eigenvalue weighted by molar-refractivity contribution is 0.0988. The van der Waals surface area contributed by atoms with Gasteiger partial charge < -0.3 is 10.6 Å². The highest BCUT2D eigenvalue weighted by Crippen LogP contribution is 2.18. The zero-order valence-electron chi connectivity index (χ0n) is 11.8. The average Bonchev–Trinajstić information content (AvgIpc) is 2.48. The summed E-state index contributed by atoms with van der Waals surface area (Å²) in [4.78, 5) is 18.4. The molecular formula is C16H19N3O. The Kier molecular flexibility index (Phi) is 4.48. The summed E-state index contributed by atoms with van der Waals surface area (Å²) >= 11 is 0. The van der Waals surface area contributed by atoms with Gasteiger partial charge in [0, 0.05) is 36.2 Å². The van der Waals surface area contributed by atoms with E-state index in [4.69, 9.17) is 5.73 Å². The van der Waals surface area contributed by atoms with E-state index in [1.54, 1.807) is 23.2 Å². The van der Waals surface area contributed by atoms with E-state index >= 15 is 0 Å². The Morgan fingerprint density at radius 1 is 1.25 bits per heavy atom. The summed E-state index contributed by atoms with van der Waals surface area (Å²) in [6.07, 6.45) is 1.66. The van der Waals surface area contributed by atoms with Gasteiger partial charge in [0.25, 0.3) is 5.91 Å². The number of carbonyl (C=O) groups excluding carboxylic acids is 1. The fourth-order valence-corrected chi connectivity index (χ4v) is 2.09. The summed E-state index contributed by atoms with van der Waals surface area (Å²) in [5.74, 6) is -0.0153. The number of anilines is 1. The molecule has 20 heavy (non-hydrogen) atoms. The Balaban J connectivity index is 2.29. The first-order valence-corrected chi connectivity index (χ1v) is 6.69. The molecule has 0 aliphatic carbocycles. The van der Waals surface area contributed by atoms with Crippen LogP contribution in [0.3, 0.4) is 0 Å². The number of aryl methyl sites for hydroxylation is 1. The van der Waals surface area contributed by atoms with E-state index in [9.17, 15) is 4.79 Å². The van der Waals surface area contributed by atoms with Crippen molar-refractivity contribution in [2.24, 2.45) is 5.73 Å². The summed E-state index contributed by atoms with van der Waals surface area (Å²) in [6.45, 7) is 4.96. The van der Waals surface area contributed by atoms with Crippen LogP contribution in [0.15, 0.2) is 42.6 Å². The second-order valence-electron chi connectivity index (χ2n) is 4.61. The first kappa shape index (κ1) is 14.2. The molecule has 0 bridgehead atoms. The third-order valence-corrected chi connectivity index (χ3v) is 3.19. The number of pyridine rings is 1. The van der Waals surface area contributed by atoms with Crippen molar-refractivity contribution in [1.29, 1.82) is 0 Å². The number of nitrogens with zero attached hydrogens (tertiary/aromatic N) is 2. The second kappa shape index (κ2) is 6.30. The van der Waals surface area contributed by atoms with Crippen LogP contribution in [0, 0.1) is 6.92 Å². The molecule has 0 unspecified atom stereocenters. The van der Waals surface area contributed by atoms with Crippen LogP contribution < -0.4 is 10.6 Å². The molecule has 0 atom stereocenters. The maximum Gasteiger partial charge on any atom is 0.258 e. The van der Waals surface area contributed by atoms with Crippen LogP contribution in [0.5, 0.6) is 0 Å². The van der Waals surface area contributed by atoms with Crippen molar-refractivity contribution in [1.82, 2.24) is 4.98 Å². The van der Waals surface area contributed by atoms with E-state index in [2.05, 4.69) is 4.98 Å². The molecule has 4 nitrogen and oxygen atoms in total. The van der Waals surface area contributed by atoms with Crippen molar-refractivity contribution in [2.75, 3.05) is 11.4 Å². The molecule has 0 spiro atoms. The number of benzene rings is 1. The number of hydrogen-bond donors (Lipinski definition) is 1. The van der Waals surface area contributed by atoms with Crippen molar-refractivity contribution in [3.05, 3.63) is 59.4 Å². The molecule has 1 aromatic carbocycles. The summed E-state index contributed by atoms with van der Waals surface area (Å²) in [7, 11) is 0. The van der Waals surface area contributed by atoms with Crippen LogP contribution in [0.1, 0.15) is 28.5 Å². The minimum Gasteiger partial charge on any atom is -0.326 e. The first-order chi connectivity index (χ1) is 9.65. The monoisotopic (exact) mass is 269 g/mol. The van der Waals surface area contributed by atoms with Crippen LogP contribution in [0.2, 0.25) is 0 Å². The lowest BCUT2D eigenvalue weighted by atomic mass is 10.1. The average molecular weight is 269 g/mol. The number of hydrogen-bond acceptors (Lipinski definition) is 3. The standard InChI is InChI=1S/C16H19N3O/c1-3-19(15-6-4-13(11-17)5-7-15)16(20)14-8-9-18-12(2)10-14/h4-10H,3,11,17H2,1-2H3. The van der Waals surface area contributed by atoms with Crippen LogP contribution in [0.4, 0.5) is 5.69 Å². The quantitative estimate of drug-likeness (QED) is 0.927. The fourth-order valence-electron chi connectivity index (χ4n) is 2.09. The predicted octanol–water partition coefficient (Wildman–Crippen LogP) is 2.52. The highest BCUT2D eigenvalue weighted by Gasteiger charge is 2.16. The lowest BCUT2D eigenvalue weighted by Crippen LogP contribution is -2.30. The minimum absolute atomic E-state index is 0.0153. The van der Waals surface area contributed by atoms with Gasteiger partial charge in [-0.25, -0.2) is 0 Å². The van der Waals surface area contributed by atoms with E-state index in [1.807, 2.05) is 38.1 Å². The van der Waals surface area contributed by atoms with E-state index < -0.39 is 0 Å². The Labute approximate surface area is 119 Å². The van der Waals surface area contributed by atoms with Crippen LogP contribution in [-0.2, 0) is 6.54 Å². The molecule has 2 aromatic rings. The van der Waals surface area contributed by atoms with Gasteiger partial charge in [0.05, 0.1) is 0 Å². The molecule has 2 N–H and O–H groups in total. The van der Waals surface area contributed by atoms with Crippen molar-refractivity contribution in [3.8, 4) is 0 Å². The molecule has 2 rings (SSSR count). The van der Waals surface area contributed by atoms with E-state index in [1.165, 1.54) is 0 Å². The lowest BCUT2D eigenvalue weighted by Gasteiger charge is -2.21. The number of rotatable bonds is 4. The highest BCUT2D eigenvalue weighted by atomic mass is 16.2. The minimum atomic E-state index is -0.0153. The maximum absolute atomic E-state index is 12.6. The van der Waals surface area contributed by atoms with Crippen molar-refractivity contribution in [2.45, 2.75) is 20.4 Å². The van der Waals surface area contributed by atoms with Crippen molar-refractivity contribution >= 4 is 11.6 Å². The highest BCUT2D eigenvalue weighted by molar-refractivity contribution is 6.06. The molecule has 0 fully saturated rings. The number of amides is 1. The van der Waals surface area contributed by atoms with Crippen LogP contribution in [-0.4, -0.2) is 17.4 Å². The van der Waals surface area contributed by atoms with Crippen molar-refractivity contribution in [3.63, 3.8) is 0 Å². The topological polar surface area (TPSA) is 59.2 Å². The van der Waals surface area contributed by atoms with Gasteiger partial charge in [-0.3, -0.25) is 9.78 Å². The number of nitrogens with two attached hydrogens (primary N) is 1. The number of aromatic nitrogens is 1. The SMILES string of the molecule is CCN(C(=O)c1ccnc(C)c1)c1ccc(CN)cc1. The molecule has 4 heteroatoms. The number of carbonyl (C=O) groups is 1. The molecule has 0 aliphatic heterocycles. The van der Waals surface area contributed by atoms with Gasteiger partial charge in [-0.1, -0.05) is 12.1 Å². The molecule has 0 aliphatic rings. The molecule has 0 radical (unpaired) electrons. The van der Waals surface area contributed by atoms with Crippen molar-refractivity contribution < 1.29 is 4.79 Å². The van der Waals surface area contributed by atoms with Gasteiger partial charge in [0.15, 0.2) is 0 Å². The van der Waals surface area contributed by atoms with Gasteiger partial charge in [0.2, 0.25) is 0 Å². The first-order valence-electron chi connectivity index (χ1n) is 6.69. The van der Waals surface area contributed by atoms with E-state index in [-0.39, 0.29) is 5.91 Å². The van der Waals surface area contributed by atoms with Gasteiger partial charge in [-0.15, -0.1) is 0 Å². The zero-order valence-corrected chi connectivity index (χ0v) is 11.8. The third-order valence-electron chi connectivity index (χ3n) is 3.19. The molecule has 1 aromatic heterocycles. The molecule has 0 saturated heterocycles. The van der Waals surface area contributed by atoms with Crippen LogP contribution in [0.25, 0.3) is 0 Å². The summed E-state index contributed by atoms with van der Waals surface area (Å²) in [5, 5.41) is 0. The summed E-state index contributed by atoms with van der Waals surface area (Å²) < 4.78 is 0. The molecule has 1 heterocycles. The maximum atomic E-state index is 12.6. The third kappa shape index (κ3) is 3.03. The second-order valence-corrected chi connectivity index (χ2v) is 4.61. The van der Waals surface area contributed by atoms with Crippen LogP contribution >= 0.6 is 0 Å². The molecule has 104 valence electrons. The molecule has 1 amide bonds.